The van der Waals surface area contributed by atoms with Gasteiger partial charge < -0.3 is 9.80 Å². The number of carbonyl (C=O) groups is 2. The van der Waals surface area contributed by atoms with Gasteiger partial charge >= 0.3 is 0 Å². The fourth-order valence-corrected chi connectivity index (χ4v) is 3.85. The number of rotatable bonds is 4. The third-order valence-electron chi connectivity index (χ3n) is 5.40. The highest BCUT2D eigenvalue weighted by atomic mass is 16.2. The van der Waals surface area contributed by atoms with E-state index in [-0.39, 0.29) is 17.9 Å². The van der Waals surface area contributed by atoms with Gasteiger partial charge in [-0.1, -0.05) is 0 Å². The van der Waals surface area contributed by atoms with Gasteiger partial charge in [-0.15, -0.1) is 0 Å². The molecule has 2 atom stereocenters. The van der Waals surface area contributed by atoms with E-state index in [0.29, 0.717) is 32.1 Å². The number of amides is 2. The van der Waals surface area contributed by atoms with Gasteiger partial charge in [0.15, 0.2) is 0 Å². The van der Waals surface area contributed by atoms with E-state index < -0.39 is 0 Å². The van der Waals surface area contributed by atoms with Gasteiger partial charge in [0.25, 0.3) is 0 Å². The molecule has 1 aromatic heterocycles. The second-order valence-electron chi connectivity index (χ2n) is 7.13. The Morgan fingerprint density at radius 3 is 2.52 bits per heavy atom. The molecule has 138 valence electrons. The third-order valence-corrected chi connectivity index (χ3v) is 5.40. The minimum absolute atomic E-state index is 0.0899. The Hall–Kier alpha value is -1.96. The first-order valence-electron chi connectivity index (χ1n) is 9.15. The van der Waals surface area contributed by atoms with Crippen LogP contribution in [0.2, 0.25) is 0 Å². The molecule has 3 rings (SSSR count). The number of carbonyl (C=O) groups excluding carboxylic acids is 2. The van der Waals surface area contributed by atoms with Crippen LogP contribution >= 0.6 is 0 Å². The van der Waals surface area contributed by atoms with Crippen LogP contribution in [0.15, 0.2) is 12.7 Å². The first kappa shape index (κ1) is 17.8. The monoisotopic (exact) mass is 348 g/mol. The standard InChI is InChI=1S/C17H28N6O2/c1-14(17(25)21-8-6-20(7-9-21)15(2)24)22-5-3-4-16(10-22)11-23-13-18-12-19-23/h12-14,16H,3-11H2,1-2H3/t14-,16+/m0/s1. The van der Waals surface area contributed by atoms with Gasteiger partial charge in [-0.2, -0.15) is 5.10 Å². The first-order chi connectivity index (χ1) is 12.0. The van der Waals surface area contributed by atoms with Crippen LogP contribution in [0.3, 0.4) is 0 Å². The summed E-state index contributed by atoms with van der Waals surface area (Å²) in [6.07, 6.45) is 5.58. The van der Waals surface area contributed by atoms with Crippen molar-refractivity contribution in [3.8, 4) is 0 Å². The van der Waals surface area contributed by atoms with E-state index in [1.165, 1.54) is 0 Å². The number of piperidine rings is 1. The van der Waals surface area contributed by atoms with E-state index in [2.05, 4.69) is 15.0 Å². The lowest BCUT2D eigenvalue weighted by atomic mass is 9.96. The molecular weight excluding hydrogens is 320 g/mol. The molecule has 2 aliphatic heterocycles. The molecule has 8 nitrogen and oxygen atoms in total. The molecule has 0 aromatic carbocycles. The Bertz CT molecular complexity index is 582. The quantitative estimate of drug-likeness (QED) is 0.770. The summed E-state index contributed by atoms with van der Waals surface area (Å²) in [5.41, 5.74) is 0. The van der Waals surface area contributed by atoms with Crippen molar-refractivity contribution in [3.05, 3.63) is 12.7 Å². The molecule has 8 heteroatoms. The molecule has 2 aliphatic rings. The molecule has 2 saturated heterocycles. The molecule has 2 amide bonds. The van der Waals surface area contributed by atoms with E-state index in [1.807, 2.05) is 21.4 Å². The van der Waals surface area contributed by atoms with Gasteiger partial charge in [-0.05, 0) is 32.2 Å². The number of piperazine rings is 1. The summed E-state index contributed by atoms with van der Waals surface area (Å²) >= 11 is 0. The SMILES string of the molecule is CC(=O)N1CCN(C(=O)[C@H](C)N2CCC[C@@H](Cn3cncn3)C2)CC1. The lowest BCUT2D eigenvalue weighted by Gasteiger charge is -2.40. The molecule has 0 aliphatic carbocycles. The van der Waals surface area contributed by atoms with Crippen LogP contribution in [0.25, 0.3) is 0 Å². The minimum atomic E-state index is -0.109. The summed E-state index contributed by atoms with van der Waals surface area (Å²) in [4.78, 5) is 34.3. The molecule has 0 N–H and O–H groups in total. The highest BCUT2D eigenvalue weighted by molar-refractivity contribution is 5.82. The fraction of sp³-hybridized carbons (Fsp3) is 0.765. The van der Waals surface area contributed by atoms with Gasteiger partial charge in [0.1, 0.15) is 12.7 Å². The second-order valence-corrected chi connectivity index (χ2v) is 7.13. The zero-order chi connectivity index (χ0) is 17.8. The predicted octanol–water partition coefficient (Wildman–Crippen LogP) is 0.0693. The molecule has 3 heterocycles. The summed E-state index contributed by atoms with van der Waals surface area (Å²) in [5, 5.41) is 4.19. The van der Waals surface area contributed by atoms with Gasteiger partial charge in [0.05, 0.1) is 6.04 Å². The molecule has 0 unspecified atom stereocenters. The smallest absolute Gasteiger partial charge is 0.239 e. The van der Waals surface area contributed by atoms with Crippen molar-refractivity contribution in [2.45, 2.75) is 39.3 Å². The van der Waals surface area contributed by atoms with Crippen LogP contribution < -0.4 is 0 Å². The maximum Gasteiger partial charge on any atom is 0.239 e. The Morgan fingerprint density at radius 2 is 1.88 bits per heavy atom. The van der Waals surface area contributed by atoms with Crippen molar-refractivity contribution in [3.63, 3.8) is 0 Å². The zero-order valence-corrected chi connectivity index (χ0v) is 15.2. The van der Waals surface area contributed by atoms with Gasteiger partial charge in [-0.25, -0.2) is 4.98 Å². The number of nitrogens with zero attached hydrogens (tertiary/aromatic N) is 6. The molecule has 0 bridgehead atoms. The third kappa shape index (κ3) is 4.36. The van der Waals surface area contributed by atoms with E-state index >= 15 is 0 Å². The molecule has 2 fully saturated rings. The normalized spacial score (nSPS) is 23.5. The highest BCUT2D eigenvalue weighted by Gasteiger charge is 2.31. The summed E-state index contributed by atoms with van der Waals surface area (Å²) in [7, 11) is 0. The maximum atomic E-state index is 12.9. The Labute approximate surface area is 148 Å². The van der Waals surface area contributed by atoms with Crippen molar-refractivity contribution in [2.75, 3.05) is 39.3 Å². The number of hydrogen-bond donors (Lipinski definition) is 0. The molecule has 25 heavy (non-hydrogen) atoms. The van der Waals surface area contributed by atoms with Crippen LogP contribution in [-0.2, 0) is 16.1 Å². The average molecular weight is 348 g/mol. The van der Waals surface area contributed by atoms with Gasteiger partial charge in [-0.3, -0.25) is 19.2 Å². The second kappa shape index (κ2) is 7.95. The first-order valence-corrected chi connectivity index (χ1v) is 9.15. The van der Waals surface area contributed by atoms with Crippen molar-refractivity contribution < 1.29 is 9.59 Å². The molecule has 1 aromatic rings. The minimum Gasteiger partial charge on any atom is -0.339 e. The van der Waals surface area contributed by atoms with Crippen LogP contribution in [0.4, 0.5) is 0 Å². The summed E-state index contributed by atoms with van der Waals surface area (Å²) in [6.45, 7) is 8.90. The van der Waals surface area contributed by atoms with Crippen LogP contribution in [0.1, 0.15) is 26.7 Å². The van der Waals surface area contributed by atoms with Crippen molar-refractivity contribution in [1.29, 1.82) is 0 Å². The van der Waals surface area contributed by atoms with Gasteiger partial charge in [0, 0.05) is 46.2 Å². The van der Waals surface area contributed by atoms with E-state index in [0.717, 1.165) is 32.5 Å². The van der Waals surface area contributed by atoms with Crippen LogP contribution in [0.5, 0.6) is 0 Å². The average Bonchev–Trinajstić information content (AvgIpc) is 3.13. The highest BCUT2D eigenvalue weighted by Crippen LogP contribution is 2.21. The van der Waals surface area contributed by atoms with Crippen molar-refractivity contribution >= 4 is 11.8 Å². The lowest BCUT2D eigenvalue weighted by molar-refractivity contribution is -0.142. The van der Waals surface area contributed by atoms with Crippen LogP contribution in [0, 0.1) is 5.92 Å². The molecular formula is C17H28N6O2. The number of hydrogen-bond acceptors (Lipinski definition) is 5. The Balaban J connectivity index is 1.52. The fourth-order valence-electron chi connectivity index (χ4n) is 3.85. The molecule has 0 saturated carbocycles. The summed E-state index contributed by atoms with van der Waals surface area (Å²) in [5.74, 6) is 0.775. The van der Waals surface area contributed by atoms with Crippen molar-refractivity contribution in [2.24, 2.45) is 5.92 Å². The number of aromatic nitrogens is 3. The summed E-state index contributed by atoms with van der Waals surface area (Å²) < 4.78 is 1.88. The Morgan fingerprint density at radius 1 is 1.16 bits per heavy atom. The molecule has 0 spiro atoms. The van der Waals surface area contributed by atoms with E-state index in [4.69, 9.17) is 0 Å². The van der Waals surface area contributed by atoms with E-state index in [9.17, 15) is 9.59 Å². The molecule has 0 radical (unpaired) electrons. The Kier molecular flexibility index (Phi) is 5.67. The van der Waals surface area contributed by atoms with Crippen molar-refractivity contribution in [1.82, 2.24) is 29.5 Å². The van der Waals surface area contributed by atoms with Crippen LogP contribution in [-0.4, -0.2) is 86.6 Å². The predicted molar refractivity (Wildman–Crippen MR) is 92.6 cm³/mol. The zero-order valence-electron chi connectivity index (χ0n) is 15.2. The number of likely N-dealkylation sites (tertiary alicyclic amines) is 1. The van der Waals surface area contributed by atoms with E-state index in [1.54, 1.807) is 19.6 Å². The summed E-state index contributed by atoms with van der Waals surface area (Å²) in [6, 6.07) is -0.109. The largest absolute Gasteiger partial charge is 0.339 e. The topological polar surface area (TPSA) is 74.6 Å². The lowest BCUT2D eigenvalue weighted by Crippen LogP contribution is -2.56. The maximum absolute atomic E-state index is 12.9. The van der Waals surface area contributed by atoms with Gasteiger partial charge in [0.2, 0.25) is 11.8 Å².